The van der Waals surface area contributed by atoms with Crippen molar-refractivity contribution in [2.24, 2.45) is 0 Å². The van der Waals surface area contributed by atoms with Gasteiger partial charge >= 0.3 is 0 Å². The van der Waals surface area contributed by atoms with Crippen LogP contribution < -0.4 is 5.32 Å². The van der Waals surface area contributed by atoms with E-state index >= 15 is 0 Å². The highest BCUT2D eigenvalue weighted by atomic mass is 19.1. The second-order valence-electron chi connectivity index (χ2n) is 6.70. The van der Waals surface area contributed by atoms with E-state index in [0.717, 1.165) is 44.3 Å². The van der Waals surface area contributed by atoms with Gasteiger partial charge in [-0.15, -0.1) is 0 Å². The quantitative estimate of drug-likeness (QED) is 0.759. The van der Waals surface area contributed by atoms with E-state index in [1.165, 1.54) is 0 Å². The number of rotatable bonds is 7. The standard InChI is InChI=1S/C18H28FNO/c1-4-11-20-13-14(16-7-5-6-8-17(16)19)12-15-9-10-18(2,3)21-15/h5-8,14-15,20H,4,9-13H2,1-3H3. The summed E-state index contributed by atoms with van der Waals surface area (Å²) in [7, 11) is 0. The lowest BCUT2D eigenvalue weighted by Crippen LogP contribution is -2.27. The number of hydrogen-bond donors (Lipinski definition) is 1. The van der Waals surface area contributed by atoms with Crippen LogP contribution in [0.25, 0.3) is 0 Å². The van der Waals surface area contributed by atoms with Crippen molar-refractivity contribution in [2.75, 3.05) is 13.1 Å². The van der Waals surface area contributed by atoms with Crippen molar-refractivity contribution in [3.8, 4) is 0 Å². The van der Waals surface area contributed by atoms with Gasteiger partial charge in [0, 0.05) is 12.5 Å². The Balaban J connectivity index is 2.04. The molecule has 0 saturated carbocycles. The summed E-state index contributed by atoms with van der Waals surface area (Å²) in [6.45, 7) is 8.21. The Hall–Kier alpha value is -0.930. The van der Waals surface area contributed by atoms with Crippen LogP contribution in [0.4, 0.5) is 4.39 Å². The van der Waals surface area contributed by atoms with Crippen molar-refractivity contribution in [3.63, 3.8) is 0 Å². The zero-order chi connectivity index (χ0) is 15.3. The summed E-state index contributed by atoms with van der Waals surface area (Å²) in [5, 5.41) is 3.43. The predicted molar refractivity (Wildman–Crippen MR) is 85.1 cm³/mol. The van der Waals surface area contributed by atoms with Crippen LogP contribution in [0.1, 0.15) is 57.9 Å². The first-order valence-electron chi connectivity index (χ1n) is 8.15. The molecule has 1 N–H and O–H groups in total. The molecule has 0 radical (unpaired) electrons. The molecule has 0 aliphatic carbocycles. The van der Waals surface area contributed by atoms with Crippen molar-refractivity contribution < 1.29 is 9.13 Å². The molecule has 2 atom stereocenters. The molecule has 1 aromatic rings. The average Bonchev–Trinajstić information content (AvgIpc) is 2.78. The summed E-state index contributed by atoms with van der Waals surface area (Å²) in [4.78, 5) is 0. The van der Waals surface area contributed by atoms with Crippen LogP contribution in [0.5, 0.6) is 0 Å². The summed E-state index contributed by atoms with van der Waals surface area (Å²) >= 11 is 0. The molecule has 1 aliphatic rings. The van der Waals surface area contributed by atoms with Crippen LogP contribution in [0.3, 0.4) is 0 Å². The van der Waals surface area contributed by atoms with Crippen LogP contribution in [0, 0.1) is 5.82 Å². The SMILES string of the molecule is CCCNCC(CC1CCC(C)(C)O1)c1ccccc1F. The molecule has 1 aliphatic heterocycles. The minimum atomic E-state index is -0.0990. The van der Waals surface area contributed by atoms with E-state index in [1.807, 2.05) is 12.1 Å². The molecule has 0 amide bonds. The third-order valence-corrected chi connectivity index (χ3v) is 4.26. The molecular weight excluding hydrogens is 265 g/mol. The molecule has 118 valence electrons. The van der Waals surface area contributed by atoms with Crippen LogP contribution in [0.15, 0.2) is 24.3 Å². The minimum absolute atomic E-state index is 0.0265. The average molecular weight is 293 g/mol. The topological polar surface area (TPSA) is 21.3 Å². The molecule has 1 fully saturated rings. The molecule has 3 heteroatoms. The first-order chi connectivity index (χ1) is 10.0. The number of hydrogen-bond acceptors (Lipinski definition) is 2. The van der Waals surface area contributed by atoms with Gasteiger partial charge in [-0.25, -0.2) is 4.39 Å². The highest BCUT2D eigenvalue weighted by Gasteiger charge is 2.33. The van der Waals surface area contributed by atoms with Gasteiger partial charge in [-0.2, -0.15) is 0 Å². The van der Waals surface area contributed by atoms with E-state index in [9.17, 15) is 4.39 Å². The van der Waals surface area contributed by atoms with E-state index < -0.39 is 0 Å². The predicted octanol–water partition coefficient (Wildman–Crippen LogP) is 4.26. The molecule has 2 unspecified atom stereocenters. The van der Waals surface area contributed by atoms with Crippen molar-refractivity contribution in [3.05, 3.63) is 35.6 Å². The fourth-order valence-corrected chi connectivity index (χ4v) is 3.14. The van der Waals surface area contributed by atoms with E-state index in [0.29, 0.717) is 0 Å². The molecule has 2 nitrogen and oxygen atoms in total. The Labute approximate surface area is 128 Å². The smallest absolute Gasteiger partial charge is 0.126 e. The first-order valence-corrected chi connectivity index (χ1v) is 8.15. The van der Waals surface area contributed by atoms with Crippen LogP contribution >= 0.6 is 0 Å². The molecule has 1 heterocycles. The second-order valence-corrected chi connectivity index (χ2v) is 6.70. The van der Waals surface area contributed by atoms with E-state index in [1.54, 1.807) is 12.1 Å². The van der Waals surface area contributed by atoms with Gasteiger partial charge in [0.25, 0.3) is 0 Å². The molecule has 1 aromatic carbocycles. The lowest BCUT2D eigenvalue weighted by Gasteiger charge is -2.24. The van der Waals surface area contributed by atoms with Gasteiger partial charge < -0.3 is 10.1 Å². The highest BCUT2D eigenvalue weighted by molar-refractivity contribution is 5.22. The maximum absolute atomic E-state index is 14.1. The number of ether oxygens (including phenoxy) is 1. The maximum Gasteiger partial charge on any atom is 0.126 e. The van der Waals surface area contributed by atoms with Crippen molar-refractivity contribution in [1.82, 2.24) is 5.32 Å². The molecule has 21 heavy (non-hydrogen) atoms. The molecule has 0 bridgehead atoms. The third-order valence-electron chi connectivity index (χ3n) is 4.26. The molecule has 2 rings (SSSR count). The van der Waals surface area contributed by atoms with Gasteiger partial charge in [0.15, 0.2) is 0 Å². The van der Waals surface area contributed by atoms with Crippen molar-refractivity contribution in [2.45, 2.75) is 64.1 Å². The van der Waals surface area contributed by atoms with Crippen molar-refractivity contribution >= 4 is 0 Å². The first kappa shape index (κ1) is 16.4. The summed E-state index contributed by atoms with van der Waals surface area (Å²) < 4.78 is 20.2. The number of nitrogens with one attached hydrogen (secondary N) is 1. The molecule has 0 aromatic heterocycles. The monoisotopic (exact) mass is 293 g/mol. The van der Waals surface area contributed by atoms with Gasteiger partial charge in [0.05, 0.1) is 11.7 Å². The Morgan fingerprint density at radius 3 is 2.76 bits per heavy atom. The Morgan fingerprint density at radius 2 is 2.14 bits per heavy atom. The van der Waals surface area contributed by atoms with E-state index in [-0.39, 0.29) is 23.4 Å². The lowest BCUT2D eigenvalue weighted by atomic mass is 9.91. The fourth-order valence-electron chi connectivity index (χ4n) is 3.14. The van der Waals surface area contributed by atoms with E-state index in [2.05, 4.69) is 26.1 Å². The molecule has 1 saturated heterocycles. The Morgan fingerprint density at radius 1 is 1.38 bits per heavy atom. The van der Waals surface area contributed by atoms with Crippen LogP contribution in [0.2, 0.25) is 0 Å². The number of benzene rings is 1. The Bertz CT molecular complexity index is 447. The zero-order valence-corrected chi connectivity index (χ0v) is 13.5. The van der Waals surface area contributed by atoms with Gasteiger partial charge in [0.1, 0.15) is 5.82 Å². The summed E-state index contributed by atoms with van der Waals surface area (Å²) in [5.74, 6) is 0.0784. The Kier molecular flexibility index (Phi) is 5.77. The third kappa shape index (κ3) is 4.79. The summed E-state index contributed by atoms with van der Waals surface area (Å²) in [6, 6.07) is 7.14. The van der Waals surface area contributed by atoms with Crippen molar-refractivity contribution in [1.29, 1.82) is 0 Å². The highest BCUT2D eigenvalue weighted by Crippen LogP contribution is 2.35. The summed E-state index contributed by atoms with van der Waals surface area (Å²) in [5.41, 5.74) is 0.788. The van der Waals surface area contributed by atoms with Gasteiger partial charge in [-0.1, -0.05) is 25.1 Å². The molecule has 0 spiro atoms. The van der Waals surface area contributed by atoms with Crippen LogP contribution in [-0.2, 0) is 4.74 Å². The summed E-state index contributed by atoms with van der Waals surface area (Å²) in [6.07, 6.45) is 4.39. The fraction of sp³-hybridized carbons (Fsp3) is 0.667. The van der Waals surface area contributed by atoms with Crippen LogP contribution in [-0.4, -0.2) is 24.8 Å². The number of halogens is 1. The largest absolute Gasteiger partial charge is 0.372 e. The minimum Gasteiger partial charge on any atom is -0.372 e. The maximum atomic E-state index is 14.1. The normalized spacial score (nSPS) is 22.4. The second kappa shape index (κ2) is 7.37. The van der Waals surface area contributed by atoms with E-state index in [4.69, 9.17) is 4.74 Å². The molecular formula is C18H28FNO. The van der Waals surface area contributed by atoms with Gasteiger partial charge in [-0.05, 0) is 57.7 Å². The zero-order valence-electron chi connectivity index (χ0n) is 13.5. The lowest BCUT2D eigenvalue weighted by molar-refractivity contribution is -0.0210. The van der Waals surface area contributed by atoms with Gasteiger partial charge in [0.2, 0.25) is 0 Å². The van der Waals surface area contributed by atoms with Gasteiger partial charge in [-0.3, -0.25) is 0 Å².